The third-order valence-corrected chi connectivity index (χ3v) is 3.60. The molecule has 1 rings (SSSR count). The molecule has 0 spiro atoms. The highest BCUT2D eigenvalue weighted by atomic mass is 19.1. The fourth-order valence-corrected chi connectivity index (χ4v) is 2.17. The Labute approximate surface area is 128 Å². The van der Waals surface area contributed by atoms with Crippen LogP contribution < -0.4 is 0 Å². The van der Waals surface area contributed by atoms with Crippen LogP contribution in [-0.4, -0.2) is 18.0 Å². The molecule has 0 heterocycles. The average Bonchev–Trinajstić information content (AvgIpc) is 2.43. The molecule has 21 heavy (non-hydrogen) atoms. The van der Waals surface area contributed by atoms with Gasteiger partial charge in [-0.1, -0.05) is 33.8 Å². The fraction of sp³-hybridized carbons (Fsp3) is 0.611. The predicted molar refractivity (Wildman–Crippen MR) is 85.3 cm³/mol. The number of nitriles is 1. The van der Waals surface area contributed by atoms with Gasteiger partial charge in [0, 0.05) is 6.54 Å². The monoisotopic (exact) mass is 290 g/mol. The standard InChI is InChI=1S/C18H27FN2/c1-14(2)7-9-21(10-8-15(3)4)13-16-5-6-18(19)17(11-16)12-20/h5-6,11,14-15H,7-10,13H2,1-4H3. The maximum Gasteiger partial charge on any atom is 0.140 e. The molecule has 0 aliphatic carbocycles. The van der Waals surface area contributed by atoms with Crippen molar-refractivity contribution in [1.82, 2.24) is 4.90 Å². The van der Waals surface area contributed by atoms with Crippen LogP contribution in [0.25, 0.3) is 0 Å². The van der Waals surface area contributed by atoms with Crippen molar-refractivity contribution >= 4 is 0 Å². The molecule has 116 valence electrons. The first-order valence-corrected chi connectivity index (χ1v) is 7.83. The van der Waals surface area contributed by atoms with Crippen LogP contribution in [0.2, 0.25) is 0 Å². The summed E-state index contributed by atoms with van der Waals surface area (Å²) in [6, 6.07) is 6.77. The summed E-state index contributed by atoms with van der Waals surface area (Å²) in [4.78, 5) is 2.41. The van der Waals surface area contributed by atoms with Crippen LogP contribution in [0.1, 0.15) is 51.7 Å². The van der Waals surface area contributed by atoms with E-state index < -0.39 is 5.82 Å². The minimum absolute atomic E-state index is 0.139. The Hall–Kier alpha value is -1.40. The zero-order valence-corrected chi connectivity index (χ0v) is 13.7. The van der Waals surface area contributed by atoms with Crippen molar-refractivity contribution < 1.29 is 4.39 Å². The molecule has 0 amide bonds. The maximum atomic E-state index is 13.4. The highest BCUT2D eigenvalue weighted by Gasteiger charge is 2.10. The van der Waals surface area contributed by atoms with Crippen LogP contribution in [0.4, 0.5) is 4.39 Å². The highest BCUT2D eigenvalue weighted by Crippen LogP contribution is 2.14. The molecule has 0 saturated carbocycles. The number of halogens is 1. The normalized spacial score (nSPS) is 11.4. The van der Waals surface area contributed by atoms with Crippen LogP contribution in [0.3, 0.4) is 0 Å². The lowest BCUT2D eigenvalue weighted by atomic mass is 10.1. The maximum absolute atomic E-state index is 13.4. The summed E-state index contributed by atoms with van der Waals surface area (Å²) in [5.41, 5.74) is 1.15. The van der Waals surface area contributed by atoms with Crippen molar-refractivity contribution in [3.63, 3.8) is 0 Å². The van der Waals surface area contributed by atoms with Gasteiger partial charge in [-0.2, -0.15) is 5.26 Å². The van der Waals surface area contributed by atoms with Gasteiger partial charge < -0.3 is 0 Å². The van der Waals surface area contributed by atoms with E-state index in [1.807, 2.05) is 6.07 Å². The Kier molecular flexibility index (Phi) is 7.39. The van der Waals surface area contributed by atoms with Gasteiger partial charge in [-0.3, -0.25) is 4.90 Å². The molecule has 0 unspecified atom stereocenters. The fourth-order valence-electron chi connectivity index (χ4n) is 2.17. The number of nitrogens with zero attached hydrogens (tertiary/aromatic N) is 2. The minimum atomic E-state index is -0.433. The van der Waals surface area contributed by atoms with Crippen LogP contribution in [0, 0.1) is 29.0 Å². The molecular weight excluding hydrogens is 263 g/mol. The third kappa shape index (κ3) is 6.73. The van der Waals surface area contributed by atoms with E-state index in [9.17, 15) is 4.39 Å². The molecule has 1 aromatic carbocycles. The smallest absolute Gasteiger partial charge is 0.140 e. The van der Waals surface area contributed by atoms with Crippen molar-refractivity contribution in [3.05, 3.63) is 35.1 Å². The van der Waals surface area contributed by atoms with Crippen molar-refractivity contribution in [2.45, 2.75) is 47.1 Å². The summed E-state index contributed by atoms with van der Waals surface area (Å²) in [6.45, 7) is 11.8. The van der Waals surface area contributed by atoms with Crippen LogP contribution in [-0.2, 0) is 6.54 Å². The van der Waals surface area contributed by atoms with Gasteiger partial charge in [0.1, 0.15) is 11.9 Å². The van der Waals surface area contributed by atoms with Gasteiger partial charge in [-0.05, 0) is 55.5 Å². The van der Waals surface area contributed by atoms with Crippen molar-refractivity contribution in [2.24, 2.45) is 11.8 Å². The van der Waals surface area contributed by atoms with Gasteiger partial charge >= 0.3 is 0 Å². The first-order valence-electron chi connectivity index (χ1n) is 7.83. The SMILES string of the molecule is CC(C)CCN(CCC(C)C)Cc1ccc(F)c(C#N)c1. The second-order valence-corrected chi connectivity index (χ2v) is 6.57. The molecule has 3 heteroatoms. The van der Waals surface area contributed by atoms with E-state index >= 15 is 0 Å². The molecule has 0 bridgehead atoms. The molecule has 0 saturated heterocycles. The summed E-state index contributed by atoms with van der Waals surface area (Å²) in [5, 5.41) is 8.93. The van der Waals surface area contributed by atoms with Crippen molar-refractivity contribution in [1.29, 1.82) is 5.26 Å². The second kappa shape index (κ2) is 8.79. The van der Waals surface area contributed by atoms with Crippen molar-refractivity contribution in [3.8, 4) is 6.07 Å². The quantitative estimate of drug-likeness (QED) is 0.700. The summed E-state index contributed by atoms with van der Waals surface area (Å²) in [7, 11) is 0. The van der Waals surface area contributed by atoms with Gasteiger partial charge in [-0.15, -0.1) is 0 Å². The van der Waals surface area contributed by atoms with E-state index in [0.717, 1.165) is 38.0 Å². The molecule has 0 atom stereocenters. The summed E-state index contributed by atoms with van der Waals surface area (Å²) >= 11 is 0. The minimum Gasteiger partial charge on any atom is -0.299 e. The Morgan fingerprint density at radius 3 is 2.14 bits per heavy atom. The Morgan fingerprint density at radius 1 is 1.10 bits per heavy atom. The molecule has 0 aromatic heterocycles. The zero-order valence-electron chi connectivity index (χ0n) is 13.7. The highest BCUT2D eigenvalue weighted by molar-refractivity contribution is 5.34. The number of hydrogen-bond acceptors (Lipinski definition) is 2. The molecule has 0 radical (unpaired) electrons. The van der Waals surface area contributed by atoms with E-state index in [4.69, 9.17) is 5.26 Å². The largest absolute Gasteiger partial charge is 0.299 e. The Morgan fingerprint density at radius 2 is 1.67 bits per heavy atom. The number of hydrogen-bond donors (Lipinski definition) is 0. The van der Waals surface area contributed by atoms with Crippen LogP contribution in [0.5, 0.6) is 0 Å². The van der Waals surface area contributed by atoms with E-state index in [1.165, 1.54) is 6.07 Å². The van der Waals surface area contributed by atoms with E-state index in [2.05, 4.69) is 32.6 Å². The van der Waals surface area contributed by atoms with Gasteiger partial charge in [0.15, 0.2) is 0 Å². The summed E-state index contributed by atoms with van der Waals surface area (Å²) in [6.07, 6.45) is 2.31. The summed E-state index contributed by atoms with van der Waals surface area (Å²) < 4.78 is 13.4. The lowest BCUT2D eigenvalue weighted by molar-refractivity contribution is 0.235. The third-order valence-electron chi connectivity index (χ3n) is 3.60. The molecule has 0 N–H and O–H groups in total. The first-order chi connectivity index (χ1) is 9.92. The Bertz CT molecular complexity index is 463. The van der Waals surface area contributed by atoms with E-state index in [-0.39, 0.29) is 5.56 Å². The summed E-state index contributed by atoms with van der Waals surface area (Å²) in [5.74, 6) is 0.918. The zero-order chi connectivity index (χ0) is 15.8. The Balaban J connectivity index is 2.72. The molecular formula is C18H27FN2. The second-order valence-electron chi connectivity index (χ2n) is 6.57. The molecule has 2 nitrogen and oxygen atoms in total. The van der Waals surface area contributed by atoms with Gasteiger partial charge in [0.2, 0.25) is 0 Å². The molecule has 0 aliphatic rings. The van der Waals surface area contributed by atoms with E-state index in [0.29, 0.717) is 11.8 Å². The predicted octanol–water partition coefficient (Wildman–Crippen LogP) is 4.59. The van der Waals surface area contributed by atoms with Crippen molar-refractivity contribution in [2.75, 3.05) is 13.1 Å². The molecule has 1 aromatic rings. The lowest BCUT2D eigenvalue weighted by Gasteiger charge is -2.24. The van der Waals surface area contributed by atoms with Crippen LogP contribution in [0.15, 0.2) is 18.2 Å². The van der Waals surface area contributed by atoms with Gasteiger partial charge in [-0.25, -0.2) is 4.39 Å². The number of benzene rings is 1. The van der Waals surface area contributed by atoms with Crippen LogP contribution >= 0.6 is 0 Å². The first kappa shape index (κ1) is 17.7. The topological polar surface area (TPSA) is 27.0 Å². The molecule has 0 aliphatic heterocycles. The van der Waals surface area contributed by atoms with E-state index in [1.54, 1.807) is 12.1 Å². The van der Waals surface area contributed by atoms with Gasteiger partial charge in [0.05, 0.1) is 5.56 Å². The number of rotatable bonds is 8. The average molecular weight is 290 g/mol. The lowest BCUT2D eigenvalue weighted by Crippen LogP contribution is -2.27. The van der Waals surface area contributed by atoms with Gasteiger partial charge in [0.25, 0.3) is 0 Å². The molecule has 0 fully saturated rings.